The monoisotopic (exact) mass is 391 g/mol. The third kappa shape index (κ3) is 4.05. The highest BCUT2D eigenvalue weighted by Gasteiger charge is 2.35. The largest absolute Gasteiger partial charge is 0.326 e. The lowest BCUT2D eigenvalue weighted by Crippen LogP contribution is -2.50. The number of aryl methyl sites for hydroxylation is 1. The first-order valence-corrected chi connectivity index (χ1v) is 11.6. The van der Waals surface area contributed by atoms with Crippen LogP contribution in [0.25, 0.3) is 0 Å². The molecule has 4 rings (SSSR count). The molecule has 0 saturated carbocycles. The molecule has 0 spiro atoms. The van der Waals surface area contributed by atoms with Gasteiger partial charge in [0.15, 0.2) is 0 Å². The second-order valence-corrected chi connectivity index (χ2v) is 9.88. The van der Waals surface area contributed by atoms with E-state index in [9.17, 15) is 13.2 Å². The number of carbonyl (C=O) groups excluding carboxylic acids is 1. The van der Waals surface area contributed by atoms with E-state index < -0.39 is 10.0 Å². The Morgan fingerprint density at radius 1 is 1.00 bits per heavy atom. The Morgan fingerprint density at radius 3 is 2.59 bits per heavy atom. The molecule has 1 atom stereocenters. The van der Waals surface area contributed by atoms with Gasteiger partial charge >= 0.3 is 0 Å². The SMILES string of the molecule is O=C1CCc2cc(S(=O)(=O)N3CCCC[C@H]3CN3CCCCC3)ccc2N1. The maximum atomic E-state index is 13.4. The summed E-state index contributed by atoms with van der Waals surface area (Å²) in [7, 11) is -3.52. The van der Waals surface area contributed by atoms with E-state index >= 15 is 0 Å². The maximum Gasteiger partial charge on any atom is 0.243 e. The van der Waals surface area contributed by atoms with Gasteiger partial charge in [-0.15, -0.1) is 0 Å². The molecular weight excluding hydrogens is 362 g/mol. The van der Waals surface area contributed by atoms with Gasteiger partial charge in [0.1, 0.15) is 0 Å². The number of piperidine rings is 2. The van der Waals surface area contributed by atoms with Gasteiger partial charge in [-0.3, -0.25) is 4.79 Å². The lowest BCUT2D eigenvalue weighted by molar-refractivity contribution is -0.116. The summed E-state index contributed by atoms with van der Waals surface area (Å²) in [5.74, 6) is -0.00395. The Balaban J connectivity index is 1.56. The fourth-order valence-electron chi connectivity index (χ4n) is 4.57. The van der Waals surface area contributed by atoms with Crippen molar-refractivity contribution in [1.29, 1.82) is 0 Å². The molecule has 6 nitrogen and oxygen atoms in total. The fraction of sp³-hybridized carbons (Fsp3) is 0.650. The van der Waals surface area contributed by atoms with Crippen molar-refractivity contribution >= 4 is 21.6 Å². The zero-order valence-corrected chi connectivity index (χ0v) is 16.6. The minimum absolute atomic E-state index is 0.00395. The number of nitrogens with one attached hydrogen (secondary N) is 1. The highest BCUT2D eigenvalue weighted by Crippen LogP contribution is 2.30. The number of sulfonamides is 1. The summed E-state index contributed by atoms with van der Waals surface area (Å²) in [5.41, 5.74) is 1.66. The number of benzene rings is 1. The van der Waals surface area contributed by atoms with E-state index in [0.29, 0.717) is 24.3 Å². The average Bonchev–Trinajstić information content (AvgIpc) is 2.68. The van der Waals surface area contributed by atoms with Gasteiger partial charge in [0.05, 0.1) is 4.90 Å². The standard InChI is InChI=1S/C20H29N3O3S/c24-20-10-7-16-14-18(8-9-19(16)21-20)27(25,26)23-13-5-2-6-17(23)15-22-11-3-1-4-12-22/h8-9,14,17H,1-7,10-13,15H2,(H,21,24)/t17-/m0/s1. The topological polar surface area (TPSA) is 69.7 Å². The van der Waals surface area contributed by atoms with Gasteiger partial charge in [0, 0.05) is 31.2 Å². The lowest BCUT2D eigenvalue weighted by Gasteiger charge is -2.39. The quantitative estimate of drug-likeness (QED) is 0.857. The summed E-state index contributed by atoms with van der Waals surface area (Å²) in [6, 6.07) is 5.21. The number of fused-ring (bicyclic) bond motifs is 1. The molecule has 0 aliphatic carbocycles. The number of amides is 1. The zero-order chi connectivity index (χ0) is 18.9. The van der Waals surface area contributed by atoms with E-state index in [1.807, 2.05) is 0 Å². The van der Waals surface area contributed by atoms with Crippen LogP contribution in [0.1, 0.15) is 50.5 Å². The maximum absolute atomic E-state index is 13.4. The Morgan fingerprint density at radius 2 is 1.78 bits per heavy atom. The van der Waals surface area contributed by atoms with Gasteiger partial charge in [0.25, 0.3) is 0 Å². The predicted octanol–water partition coefficient (Wildman–Crippen LogP) is 2.60. The van der Waals surface area contributed by atoms with E-state index in [0.717, 1.165) is 50.1 Å². The minimum Gasteiger partial charge on any atom is -0.326 e. The molecule has 2 fully saturated rings. The summed E-state index contributed by atoms with van der Waals surface area (Å²) in [5, 5.41) is 2.83. The van der Waals surface area contributed by atoms with Crippen LogP contribution in [0.15, 0.2) is 23.1 Å². The first-order valence-electron chi connectivity index (χ1n) is 10.2. The van der Waals surface area contributed by atoms with Crippen LogP contribution < -0.4 is 5.32 Å². The molecule has 0 unspecified atom stereocenters. The second kappa shape index (κ2) is 7.89. The number of rotatable bonds is 4. The number of nitrogens with zero attached hydrogens (tertiary/aromatic N) is 2. The van der Waals surface area contributed by atoms with Crippen LogP contribution in [0, 0.1) is 0 Å². The molecule has 0 bridgehead atoms. The molecule has 3 heterocycles. The zero-order valence-electron chi connectivity index (χ0n) is 15.8. The molecule has 0 aromatic heterocycles. The van der Waals surface area contributed by atoms with Gasteiger partial charge in [-0.2, -0.15) is 4.31 Å². The first kappa shape index (κ1) is 18.9. The normalized spacial score (nSPS) is 25.0. The number of hydrogen-bond acceptors (Lipinski definition) is 4. The molecule has 3 aliphatic heterocycles. The predicted molar refractivity (Wildman–Crippen MR) is 105 cm³/mol. The molecule has 148 valence electrons. The van der Waals surface area contributed by atoms with Crippen molar-refractivity contribution in [3.63, 3.8) is 0 Å². The van der Waals surface area contributed by atoms with Crippen LogP contribution in [0.2, 0.25) is 0 Å². The number of hydrogen-bond donors (Lipinski definition) is 1. The van der Waals surface area contributed by atoms with Crippen molar-refractivity contribution in [3.8, 4) is 0 Å². The Bertz CT molecular complexity index is 803. The minimum atomic E-state index is -3.52. The lowest BCUT2D eigenvalue weighted by atomic mass is 10.0. The highest BCUT2D eigenvalue weighted by molar-refractivity contribution is 7.89. The van der Waals surface area contributed by atoms with Crippen molar-refractivity contribution in [2.75, 3.05) is 31.5 Å². The molecule has 27 heavy (non-hydrogen) atoms. The average molecular weight is 392 g/mol. The Labute approximate surface area is 162 Å². The van der Waals surface area contributed by atoms with Crippen LogP contribution >= 0.6 is 0 Å². The van der Waals surface area contributed by atoms with Gasteiger partial charge in [-0.1, -0.05) is 12.8 Å². The van der Waals surface area contributed by atoms with E-state index in [1.165, 1.54) is 19.3 Å². The van der Waals surface area contributed by atoms with Crippen LogP contribution in [-0.2, 0) is 21.2 Å². The molecule has 1 N–H and O–H groups in total. The van der Waals surface area contributed by atoms with Crippen LogP contribution in [0.3, 0.4) is 0 Å². The number of anilines is 1. The molecule has 7 heteroatoms. The van der Waals surface area contributed by atoms with E-state index in [-0.39, 0.29) is 11.9 Å². The van der Waals surface area contributed by atoms with Gasteiger partial charge in [0.2, 0.25) is 15.9 Å². The summed E-state index contributed by atoms with van der Waals surface area (Å²) < 4.78 is 28.6. The molecule has 0 radical (unpaired) electrons. The molecule has 1 aromatic carbocycles. The van der Waals surface area contributed by atoms with Gasteiger partial charge < -0.3 is 10.2 Å². The van der Waals surface area contributed by atoms with Crippen LogP contribution in [0.4, 0.5) is 5.69 Å². The smallest absolute Gasteiger partial charge is 0.243 e. The molecule has 1 aromatic rings. The van der Waals surface area contributed by atoms with Crippen molar-refractivity contribution < 1.29 is 13.2 Å². The summed E-state index contributed by atoms with van der Waals surface area (Å²) in [6.07, 6.45) is 7.70. The third-order valence-electron chi connectivity index (χ3n) is 6.07. The second-order valence-electron chi connectivity index (χ2n) is 7.99. The highest BCUT2D eigenvalue weighted by atomic mass is 32.2. The Kier molecular flexibility index (Phi) is 5.53. The Hall–Kier alpha value is -1.44. The molecule has 3 aliphatic rings. The number of likely N-dealkylation sites (tertiary alicyclic amines) is 1. The summed E-state index contributed by atoms with van der Waals surface area (Å²) >= 11 is 0. The van der Waals surface area contributed by atoms with Crippen molar-refractivity contribution in [2.24, 2.45) is 0 Å². The van der Waals surface area contributed by atoms with E-state index in [2.05, 4.69) is 10.2 Å². The van der Waals surface area contributed by atoms with Crippen molar-refractivity contribution in [2.45, 2.75) is 62.3 Å². The van der Waals surface area contributed by atoms with Crippen molar-refractivity contribution in [3.05, 3.63) is 23.8 Å². The van der Waals surface area contributed by atoms with Crippen molar-refractivity contribution in [1.82, 2.24) is 9.21 Å². The van der Waals surface area contributed by atoms with Crippen LogP contribution in [0.5, 0.6) is 0 Å². The fourth-order valence-corrected chi connectivity index (χ4v) is 6.30. The summed E-state index contributed by atoms with van der Waals surface area (Å²) in [6.45, 7) is 3.63. The van der Waals surface area contributed by atoms with Crippen LogP contribution in [-0.4, -0.2) is 55.8 Å². The molecule has 1 amide bonds. The number of carbonyl (C=O) groups is 1. The van der Waals surface area contributed by atoms with E-state index in [1.54, 1.807) is 22.5 Å². The van der Waals surface area contributed by atoms with E-state index in [4.69, 9.17) is 0 Å². The third-order valence-corrected chi connectivity index (χ3v) is 8.02. The summed E-state index contributed by atoms with van der Waals surface area (Å²) in [4.78, 5) is 14.3. The first-order chi connectivity index (χ1) is 13.0. The molecular formula is C20H29N3O3S. The van der Waals surface area contributed by atoms with Gasteiger partial charge in [-0.25, -0.2) is 8.42 Å². The van der Waals surface area contributed by atoms with Gasteiger partial charge in [-0.05, 0) is 69.0 Å². The molecule has 2 saturated heterocycles.